The van der Waals surface area contributed by atoms with E-state index in [1.165, 1.54) is 31.4 Å². The van der Waals surface area contributed by atoms with Gasteiger partial charge in [0.15, 0.2) is 4.96 Å². The molecule has 1 saturated carbocycles. The van der Waals surface area contributed by atoms with E-state index in [4.69, 9.17) is 4.98 Å². The fraction of sp³-hybridized carbons (Fsp3) is 0.667. The van der Waals surface area contributed by atoms with Crippen LogP contribution in [-0.4, -0.2) is 22.5 Å². The fourth-order valence-electron chi connectivity index (χ4n) is 3.29. The largest absolute Gasteiger partial charge is 0.316 e. The van der Waals surface area contributed by atoms with Gasteiger partial charge in [-0.25, -0.2) is 4.98 Å². The number of hydrogen-bond acceptors (Lipinski definition) is 3. The van der Waals surface area contributed by atoms with E-state index >= 15 is 0 Å². The first kappa shape index (κ1) is 13.1. The van der Waals surface area contributed by atoms with E-state index < -0.39 is 0 Å². The molecule has 1 N–H and O–H groups in total. The van der Waals surface area contributed by atoms with Crippen molar-refractivity contribution in [1.29, 1.82) is 0 Å². The Kier molecular flexibility index (Phi) is 3.89. The molecule has 3 rings (SSSR count). The second kappa shape index (κ2) is 5.63. The molecule has 19 heavy (non-hydrogen) atoms. The number of likely N-dealkylation sites (N-methyl/N-ethyl adjacent to an activating group) is 1. The summed E-state index contributed by atoms with van der Waals surface area (Å²) in [5.41, 5.74) is 1.23. The minimum Gasteiger partial charge on any atom is -0.316 e. The summed E-state index contributed by atoms with van der Waals surface area (Å²) in [4.78, 5) is 5.82. The van der Waals surface area contributed by atoms with Crippen LogP contribution >= 0.6 is 11.3 Å². The van der Waals surface area contributed by atoms with Gasteiger partial charge in [-0.3, -0.25) is 4.40 Å². The van der Waals surface area contributed by atoms with Gasteiger partial charge < -0.3 is 5.32 Å². The smallest absolute Gasteiger partial charge is 0.193 e. The Balaban J connectivity index is 1.67. The standard InChI is InChI=1S/C15H23N3S/c1-11-3-5-12(6-4-11)14(16-2)9-13-10-18-7-8-19-15(18)17-13/h7-8,10-12,14,16H,3-6,9H2,1-2H3. The highest BCUT2D eigenvalue weighted by atomic mass is 32.1. The zero-order valence-electron chi connectivity index (χ0n) is 11.8. The lowest BCUT2D eigenvalue weighted by Crippen LogP contribution is -2.37. The van der Waals surface area contributed by atoms with E-state index in [0.717, 1.165) is 23.2 Å². The lowest BCUT2D eigenvalue weighted by atomic mass is 9.78. The van der Waals surface area contributed by atoms with Gasteiger partial charge in [-0.15, -0.1) is 11.3 Å². The molecule has 0 spiro atoms. The average molecular weight is 277 g/mol. The topological polar surface area (TPSA) is 29.3 Å². The predicted octanol–water partition coefficient (Wildman–Crippen LogP) is 3.35. The molecule has 0 aromatic carbocycles. The van der Waals surface area contributed by atoms with Crippen LogP contribution in [0.2, 0.25) is 0 Å². The van der Waals surface area contributed by atoms with E-state index in [9.17, 15) is 0 Å². The SMILES string of the molecule is CNC(Cc1cn2ccsc2n1)C1CCC(C)CC1. The van der Waals surface area contributed by atoms with E-state index in [2.05, 4.69) is 41.5 Å². The van der Waals surface area contributed by atoms with Crippen LogP contribution in [0.3, 0.4) is 0 Å². The summed E-state index contributed by atoms with van der Waals surface area (Å²) < 4.78 is 2.13. The molecule has 1 unspecified atom stereocenters. The molecule has 2 heterocycles. The molecule has 0 saturated heterocycles. The van der Waals surface area contributed by atoms with Crippen molar-refractivity contribution in [3.05, 3.63) is 23.5 Å². The van der Waals surface area contributed by atoms with Crippen molar-refractivity contribution in [2.24, 2.45) is 11.8 Å². The second-order valence-electron chi connectivity index (χ2n) is 5.94. The molecule has 104 valence electrons. The summed E-state index contributed by atoms with van der Waals surface area (Å²) in [7, 11) is 2.10. The first-order chi connectivity index (χ1) is 9.26. The van der Waals surface area contributed by atoms with E-state index in [0.29, 0.717) is 6.04 Å². The maximum atomic E-state index is 4.71. The van der Waals surface area contributed by atoms with Gasteiger partial charge >= 0.3 is 0 Å². The van der Waals surface area contributed by atoms with Crippen LogP contribution in [0.25, 0.3) is 4.96 Å². The van der Waals surface area contributed by atoms with Crippen LogP contribution in [0.4, 0.5) is 0 Å². The zero-order valence-corrected chi connectivity index (χ0v) is 12.6. The molecular weight excluding hydrogens is 254 g/mol. The third kappa shape index (κ3) is 2.84. The van der Waals surface area contributed by atoms with E-state index in [1.807, 2.05) is 0 Å². The van der Waals surface area contributed by atoms with Crippen molar-refractivity contribution in [3.8, 4) is 0 Å². The quantitative estimate of drug-likeness (QED) is 0.928. The number of fused-ring (bicyclic) bond motifs is 1. The van der Waals surface area contributed by atoms with Crippen LogP contribution in [0.5, 0.6) is 0 Å². The molecule has 1 aliphatic rings. The Morgan fingerprint density at radius 3 is 2.89 bits per heavy atom. The van der Waals surface area contributed by atoms with Crippen molar-refractivity contribution in [2.45, 2.75) is 45.1 Å². The summed E-state index contributed by atoms with van der Waals surface area (Å²) in [6.07, 6.45) is 10.9. The summed E-state index contributed by atoms with van der Waals surface area (Å²) >= 11 is 1.71. The number of imidazole rings is 1. The molecule has 2 aromatic rings. The third-order valence-corrected chi connectivity index (χ3v) is 5.34. The first-order valence-corrected chi connectivity index (χ1v) is 8.22. The number of aromatic nitrogens is 2. The van der Waals surface area contributed by atoms with Gasteiger partial charge in [-0.05, 0) is 31.7 Å². The van der Waals surface area contributed by atoms with Gasteiger partial charge in [0.05, 0.1) is 5.69 Å². The molecule has 1 atom stereocenters. The van der Waals surface area contributed by atoms with Gasteiger partial charge in [-0.1, -0.05) is 19.8 Å². The molecule has 1 fully saturated rings. The molecule has 0 radical (unpaired) electrons. The van der Waals surface area contributed by atoms with Crippen LogP contribution in [0.1, 0.15) is 38.3 Å². The Labute approximate surface area is 119 Å². The Morgan fingerprint density at radius 2 is 2.21 bits per heavy atom. The summed E-state index contributed by atoms with van der Waals surface area (Å²) in [5, 5.41) is 5.61. The van der Waals surface area contributed by atoms with Crippen LogP contribution < -0.4 is 5.32 Å². The lowest BCUT2D eigenvalue weighted by molar-refractivity contribution is 0.234. The lowest BCUT2D eigenvalue weighted by Gasteiger charge is -2.32. The van der Waals surface area contributed by atoms with Gasteiger partial charge in [0.2, 0.25) is 0 Å². The Hall–Kier alpha value is -0.870. The van der Waals surface area contributed by atoms with Gasteiger partial charge in [0.1, 0.15) is 0 Å². The van der Waals surface area contributed by atoms with Crippen molar-refractivity contribution in [2.75, 3.05) is 7.05 Å². The van der Waals surface area contributed by atoms with E-state index in [1.54, 1.807) is 11.3 Å². The average Bonchev–Trinajstić information content (AvgIpc) is 2.98. The second-order valence-corrected chi connectivity index (χ2v) is 6.82. The van der Waals surface area contributed by atoms with Gasteiger partial charge in [-0.2, -0.15) is 0 Å². The molecule has 2 aromatic heterocycles. The number of rotatable bonds is 4. The van der Waals surface area contributed by atoms with Gasteiger partial charge in [0, 0.05) is 30.2 Å². The Bertz CT molecular complexity index is 494. The first-order valence-electron chi connectivity index (χ1n) is 7.34. The van der Waals surface area contributed by atoms with Crippen molar-refractivity contribution < 1.29 is 0 Å². The number of nitrogens with one attached hydrogen (secondary N) is 1. The zero-order chi connectivity index (χ0) is 13.2. The maximum absolute atomic E-state index is 4.71. The summed E-state index contributed by atoms with van der Waals surface area (Å²) in [6, 6.07) is 0.581. The number of nitrogens with zero attached hydrogens (tertiary/aromatic N) is 2. The van der Waals surface area contributed by atoms with Crippen molar-refractivity contribution in [3.63, 3.8) is 0 Å². The van der Waals surface area contributed by atoms with Crippen molar-refractivity contribution in [1.82, 2.24) is 14.7 Å². The molecule has 3 nitrogen and oxygen atoms in total. The minimum absolute atomic E-state index is 0.581. The monoisotopic (exact) mass is 277 g/mol. The molecule has 1 aliphatic carbocycles. The maximum Gasteiger partial charge on any atom is 0.193 e. The van der Waals surface area contributed by atoms with Crippen LogP contribution in [0, 0.1) is 11.8 Å². The normalized spacial score (nSPS) is 25.8. The molecule has 0 bridgehead atoms. The molecular formula is C15H23N3S. The summed E-state index contributed by atoms with van der Waals surface area (Å²) in [5.74, 6) is 1.74. The highest BCUT2D eigenvalue weighted by molar-refractivity contribution is 7.15. The molecule has 4 heteroatoms. The molecule has 0 amide bonds. The highest BCUT2D eigenvalue weighted by Gasteiger charge is 2.25. The van der Waals surface area contributed by atoms with Crippen LogP contribution in [0.15, 0.2) is 17.8 Å². The Morgan fingerprint density at radius 1 is 1.42 bits per heavy atom. The van der Waals surface area contributed by atoms with Crippen molar-refractivity contribution >= 4 is 16.3 Å². The third-order valence-electron chi connectivity index (χ3n) is 4.57. The highest BCUT2D eigenvalue weighted by Crippen LogP contribution is 2.31. The van der Waals surface area contributed by atoms with Gasteiger partial charge in [0.25, 0.3) is 0 Å². The minimum atomic E-state index is 0.581. The predicted molar refractivity (Wildman–Crippen MR) is 80.7 cm³/mol. The fourth-order valence-corrected chi connectivity index (χ4v) is 4.01. The molecule has 0 aliphatic heterocycles. The number of hydrogen-bond donors (Lipinski definition) is 1. The van der Waals surface area contributed by atoms with E-state index in [-0.39, 0.29) is 0 Å². The van der Waals surface area contributed by atoms with Crippen LogP contribution in [-0.2, 0) is 6.42 Å². The number of thiazole rings is 1. The summed E-state index contributed by atoms with van der Waals surface area (Å²) in [6.45, 7) is 2.38.